The van der Waals surface area contributed by atoms with Crippen molar-refractivity contribution in [3.05, 3.63) is 33.9 Å². The van der Waals surface area contributed by atoms with Gasteiger partial charge in [0, 0.05) is 12.6 Å². The van der Waals surface area contributed by atoms with Crippen molar-refractivity contribution in [1.29, 1.82) is 0 Å². The Hall–Kier alpha value is -1.62. The van der Waals surface area contributed by atoms with Crippen molar-refractivity contribution in [3.8, 4) is 0 Å². The third kappa shape index (κ3) is 3.94. The van der Waals surface area contributed by atoms with E-state index in [1.54, 1.807) is 12.1 Å². The fourth-order valence-corrected chi connectivity index (χ4v) is 3.06. The van der Waals surface area contributed by atoms with Gasteiger partial charge in [-0.15, -0.1) is 0 Å². The summed E-state index contributed by atoms with van der Waals surface area (Å²) in [5, 5.41) is 10.9. The van der Waals surface area contributed by atoms with Crippen LogP contribution < -0.4 is 5.73 Å². The van der Waals surface area contributed by atoms with Crippen LogP contribution in [0.25, 0.3) is 0 Å². The zero-order valence-electron chi connectivity index (χ0n) is 13.1. The van der Waals surface area contributed by atoms with Gasteiger partial charge in [-0.3, -0.25) is 15.0 Å². The van der Waals surface area contributed by atoms with Crippen molar-refractivity contribution in [2.45, 2.75) is 40.2 Å². The molecule has 0 radical (unpaired) electrons. The van der Waals surface area contributed by atoms with E-state index in [4.69, 9.17) is 5.73 Å². The molecule has 1 aromatic rings. The first-order valence-corrected chi connectivity index (χ1v) is 7.52. The number of nitrogens with two attached hydrogens (primary N) is 1. The summed E-state index contributed by atoms with van der Waals surface area (Å²) in [4.78, 5) is 12.9. The Balaban J connectivity index is 1.98. The maximum Gasteiger partial charge on any atom is 0.292 e. The van der Waals surface area contributed by atoms with Crippen LogP contribution in [0.2, 0.25) is 0 Å². The van der Waals surface area contributed by atoms with Gasteiger partial charge in [0.25, 0.3) is 5.69 Å². The van der Waals surface area contributed by atoms with E-state index in [-0.39, 0.29) is 11.4 Å². The second kappa shape index (κ2) is 6.02. The molecular weight excluding hydrogens is 266 g/mol. The van der Waals surface area contributed by atoms with Gasteiger partial charge in [-0.1, -0.05) is 26.8 Å². The summed E-state index contributed by atoms with van der Waals surface area (Å²) in [6.07, 6.45) is 2.39. The lowest BCUT2D eigenvalue weighted by Crippen LogP contribution is -2.37. The van der Waals surface area contributed by atoms with Gasteiger partial charge in [-0.25, -0.2) is 0 Å². The molecule has 2 N–H and O–H groups in total. The van der Waals surface area contributed by atoms with Gasteiger partial charge in [-0.2, -0.15) is 0 Å². The molecule has 0 spiro atoms. The van der Waals surface area contributed by atoms with E-state index in [0.717, 1.165) is 31.1 Å². The lowest BCUT2D eigenvalue weighted by Gasteiger charge is -2.38. The topological polar surface area (TPSA) is 72.4 Å². The Morgan fingerprint density at radius 1 is 1.33 bits per heavy atom. The third-order valence-electron chi connectivity index (χ3n) is 4.51. The fraction of sp³-hybridized carbons (Fsp3) is 0.625. The Bertz CT molecular complexity index is 515. The van der Waals surface area contributed by atoms with E-state index in [0.29, 0.717) is 5.41 Å². The number of nitrogen functional groups attached to an aromatic ring is 1. The number of benzene rings is 1. The van der Waals surface area contributed by atoms with E-state index in [1.807, 2.05) is 6.07 Å². The molecule has 2 rings (SSSR count). The van der Waals surface area contributed by atoms with Crippen LogP contribution in [0.3, 0.4) is 0 Å². The van der Waals surface area contributed by atoms with E-state index in [2.05, 4.69) is 25.7 Å². The lowest BCUT2D eigenvalue weighted by atomic mass is 9.75. The molecule has 21 heavy (non-hydrogen) atoms. The summed E-state index contributed by atoms with van der Waals surface area (Å²) >= 11 is 0. The number of piperidine rings is 1. The van der Waals surface area contributed by atoms with Crippen molar-refractivity contribution in [2.75, 3.05) is 18.8 Å². The summed E-state index contributed by atoms with van der Waals surface area (Å²) in [7, 11) is 0. The van der Waals surface area contributed by atoms with Crippen LogP contribution in [-0.2, 0) is 6.54 Å². The predicted octanol–water partition coefficient (Wildman–Crippen LogP) is 3.44. The highest BCUT2D eigenvalue weighted by atomic mass is 16.6. The van der Waals surface area contributed by atoms with E-state index >= 15 is 0 Å². The number of rotatable bonds is 3. The first-order valence-electron chi connectivity index (χ1n) is 7.52. The molecule has 1 heterocycles. The quantitative estimate of drug-likeness (QED) is 0.526. The second-order valence-corrected chi connectivity index (χ2v) is 7.07. The molecule has 5 nitrogen and oxygen atoms in total. The van der Waals surface area contributed by atoms with Crippen LogP contribution in [0.15, 0.2) is 18.2 Å². The molecular formula is C16H25N3O2. The molecule has 0 amide bonds. The maximum atomic E-state index is 10.9. The molecule has 0 aliphatic carbocycles. The zero-order valence-corrected chi connectivity index (χ0v) is 13.1. The molecule has 1 aliphatic rings. The molecule has 0 unspecified atom stereocenters. The molecule has 1 aliphatic heterocycles. The molecule has 1 aromatic carbocycles. The average molecular weight is 291 g/mol. The molecule has 1 saturated heterocycles. The van der Waals surface area contributed by atoms with E-state index < -0.39 is 4.92 Å². The minimum Gasteiger partial charge on any atom is -0.393 e. The van der Waals surface area contributed by atoms with Crippen LogP contribution in [-0.4, -0.2) is 22.9 Å². The van der Waals surface area contributed by atoms with Gasteiger partial charge in [-0.05, 0) is 48.9 Å². The van der Waals surface area contributed by atoms with Crippen molar-refractivity contribution < 1.29 is 4.92 Å². The van der Waals surface area contributed by atoms with Crippen LogP contribution in [0.5, 0.6) is 0 Å². The molecule has 0 saturated carbocycles. The molecule has 0 bridgehead atoms. The number of nitro groups is 1. The number of nitro benzene ring substituents is 1. The summed E-state index contributed by atoms with van der Waals surface area (Å²) in [6.45, 7) is 9.78. The van der Waals surface area contributed by atoms with Gasteiger partial charge in [0.1, 0.15) is 5.69 Å². The zero-order chi connectivity index (χ0) is 15.6. The molecule has 0 aromatic heterocycles. The first kappa shape index (κ1) is 15.8. The third-order valence-corrected chi connectivity index (χ3v) is 4.51. The lowest BCUT2D eigenvalue weighted by molar-refractivity contribution is -0.384. The SMILES string of the molecule is CC(C)(C)C1CCN(Cc2ccc(N)c([N+](=O)[O-])c2)CC1. The number of likely N-dealkylation sites (tertiary alicyclic amines) is 1. The number of nitrogens with zero attached hydrogens (tertiary/aromatic N) is 2. The van der Waals surface area contributed by atoms with Crippen LogP contribution >= 0.6 is 0 Å². The van der Waals surface area contributed by atoms with E-state index in [9.17, 15) is 10.1 Å². The van der Waals surface area contributed by atoms with E-state index in [1.165, 1.54) is 12.8 Å². The number of anilines is 1. The number of hydrogen-bond acceptors (Lipinski definition) is 4. The van der Waals surface area contributed by atoms with Gasteiger partial charge >= 0.3 is 0 Å². The molecule has 0 atom stereocenters. The Kier molecular flexibility index (Phi) is 4.52. The molecule has 1 fully saturated rings. The average Bonchev–Trinajstić information content (AvgIpc) is 2.40. The van der Waals surface area contributed by atoms with Gasteiger partial charge in [0.15, 0.2) is 0 Å². The summed E-state index contributed by atoms with van der Waals surface area (Å²) in [6, 6.07) is 5.12. The summed E-state index contributed by atoms with van der Waals surface area (Å²) in [5.74, 6) is 0.759. The highest BCUT2D eigenvalue weighted by Crippen LogP contribution is 2.34. The van der Waals surface area contributed by atoms with Crippen LogP contribution in [0.4, 0.5) is 11.4 Å². The van der Waals surface area contributed by atoms with Crippen LogP contribution in [0, 0.1) is 21.4 Å². The van der Waals surface area contributed by atoms with Crippen molar-refractivity contribution in [1.82, 2.24) is 4.90 Å². The molecule has 116 valence electrons. The smallest absolute Gasteiger partial charge is 0.292 e. The molecule has 5 heteroatoms. The van der Waals surface area contributed by atoms with Gasteiger partial charge in [0.2, 0.25) is 0 Å². The minimum atomic E-state index is -0.412. The summed E-state index contributed by atoms with van der Waals surface area (Å²) in [5.41, 5.74) is 7.21. The minimum absolute atomic E-state index is 0.0112. The van der Waals surface area contributed by atoms with Gasteiger partial charge in [0.05, 0.1) is 4.92 Å². The van der Waals surface area contributed by atoms with Crippen molar-refractivity contribution in [2.24, 2.45) is 11.3 Å². The highest BCUT2D eigenvalue weighted by molar-refractivity contribution is 5.59. The maximum absolute atomic E-state index is 10.9. The monoisotopic (exact) mass is 291 g/mol. The van der Waals surface area contributed by atoms with Crippen molar-refractivity contribution in [3.63, 3.8) is 0 Å². The van der Waals surface area contributed by atoms with Crippen LogP contribution in [0.1, 0.15) is 39.2 Å². The fourth-order valence-electron chi connectivity index (χ4n) is 3.06. The Labute approximate surface area is 126 Å². The van der Waals surface area contributed by atoms with Gasteiger partial charge < -0.3 is 5.73 Å². The standard InChI is InChI=1S/C16H25N3O2/c1-16(2,3)13-6-8-18(9-7-13)11-12-4-5-14(17)15(10-12)19(20)21/h4-5,10,13H,6-9,11,17H2,1-3H3. The highest BCUT2D eigenvalue weighted by Gasteiger charge is 2.28. The number of hydrogen-bond donors (Lipinski definition) is 1. The van der Waals surface area contributed by atoms with Crippen molar-refractivity contribution >= 4 is 11.4 Å². The largest absolute Gasteiger partial charge is 0.393 e. The summed E-state index contributed by atoms with van der Waals surface area (Å²) < 4.78 is 0. The Morgan fingerprint density at radius 2 is 1.95 bits per heavy atom. The second-order valence-electron chi connectivity index (χ2n) is 7.07. The first-order chi connectivity index (χ1) is 9.77. The normalized spacial score (nSPS) is 17.9. The Morgan fingerprint density at radius 3 is 2.48 bits per heavy atom. The predicted molar refractivity (Wildman–Crippen MR) is 85.0 cm³/mol.